The summed E-state index contributed by atoms with van der Waals surface area (Å²) in [5.41, 5.74) is 1.79. The van der Waals surface area contributed by atoms with E-state index in [1.54, 1.807) is 25.1 Å². The molecule has 7 heteroatoms. The summed E-state index contributed by atoms with van der Waals surface area (Å²) < 4.78 is 5.37. The van der Waals surface area contributed by atoms with E-state index < -0.39 is 10.8 Å². The van der Waals surface area contributed by atoms with Gasteiger partial charge in [0.25, 0.3) is 11.6 Å². The summed E-state index contributed by atoms with van der Waals surface area (Å²) in [4.78, 5) is 22.3. The van der Waals surface area contributed by atoms with E-state index in [1.165, 1.54) is 12.1 Å². The van der Waals surface area contributed by atoms with E-state index in [0.717, 1.165) is 5.56 Å². The lowest BCUT2D eigenvalue weighted by atomic mass is 10.2. The Kier molecular flexibility index (Phi) is 5.18. The molecule has 0 unspecified atom stereocenters. The van der Waals surface area contributed by atoms with E-state index in [-0.39, 0.29) is 12.3 Å². The van der Waals surface area contributed by atoms with Gasteiger partial charge in [0.15, 0.2) is 6.61 Å². The Morgan fingerprint density at radius 1 is 1.30 bits per heavy atom. The van der Waals surface area contributed by atoms with Gasteiger partial charge in [0.1, 0.15) is 5.75 Å². The number of amides is 1. The molecule has 0 bridgehead atoms. The molecule has 0 saturated heterocycles. The summed E-state index contributed by atoms with van der Waals surface area (Å²) in [7, 11) is 0. The van der Waals surface area contributed by atoms with Gasteiger partial charge in [0.2, 0.25) is 0 Å². The molecule has 0 saturated carbocycles. The highest BCUT2D eigenvalue weighted by Gasteiger charge is 2.15. The number of nitro groups is 1. The number of benzene rings is 2. The van der Waals surface area contributed by atoms with Crippen LogP contribution in [0.2, 0.25) is 5.02 Å². The van der Waals surface area contributed by atoms with E-state index >= 15 is 0 Å². The first kappa shape index (κ1) is 16.8. The molecule has 1 N–H and O–H groups in total. The summed E-state index contributed by atoms with van der Waals surface area (Å²) in [6, 6.07) is 9.74. The number of nitrogens with zero attached hydrogens (tertiary/aromatic N) is 1. The lowest BCUT2D eigenvalue weighted by molar-refractivity contribution is -0.385. The number of nitro benzene ring substituents is 1. The van der Waals surface area contributed by atoms with Gasteiger partial charge in [-0.1, -0.05) is 23.7 Å². The Balaban J connectivity index is 2.02. The molecule has 0 radical (unpaired) electrons. The topological polar surface area (TPSA) is 81.5 Å². The van der Waals surface area contributed by atoms with Crippen molar-refractivity contribution in [2.24, 2.45) is 0 Å². The number of anilines is 1. The molecule has 6 nitrogen and oxygen atoms in total. The van der Waals surface area contributed by atoms with Crippen molar-refractivity contribution in [3.8, 4) is 5.75 Å². The van der Waals surface area contributed by atoms with E-state index in [1.807, 2.05) is 13.0 Å². The van der Waals surface area contributed by atoms with Gasteiger partial charge in [-0.25, -0.2) is 0 Å². The van der Waals surface area contributed by atoms with Gasteiger partial charge in [0, 0.05) is 6.07 Å². The first-order valence-electron chi connectivity index (χ1n) is 6.81. The molecular formula is C16H15ClN2O4. The van der Waals surface area contributed by atoms with Crippen molar-refractivity contribution in [3.05, 3.63) is 62.7 Å². The summed E-state index contributed by atoms with van der Waals surface area (Å²) in [6.45, 7) is 3.19. The van der Waals surface area contributed by atoms with Crippen molar-refractivity contribution in [2.75, 3.05) is 11.9 Å². The Labute approximate surface area is 138 Å². The number of ether oxygens (including phenoxy) is 1. The lowest BCUT2D eigenvalue weighted by Gasteiger charge is -2.10. The number of rotatable bonds is 5. The number of carbonyl (C=O) groups excluding carboxylic acids is 1. The highest BCUT2D eigenvalue weighted by atomic mass is 35.5. The number of carbonyl (C=O) groups is 1. The highest BCUT2D eigenvalue weighted by Crippen LogP contribution is 2.27. The fraction of sp³-hybridized carbons (Fsp3) is 0.188. The van der Waals surface area contributed by atoms with Crippen molar-refractivity contribution in [2.45, 2.75) is 13.8 Å². The first-order chi connectivity index (χ1) is 10.9. The van der Waals surface area contributed by atoms with Crippen molar-refractivity contribution in [3.63, 3.8) is 0 Å². The SMILES string of the molecule is Cc1ccc(NC(=O)COc2cccc([N+](=O)[O-])c2C)c(Cl)c1. The van der Waals surface area contributed by atoms with E-state index in [9.17, 15) is 14.9 Å². The average molecular weight is 335 g/mol. The van der Waals surface area contributed by atoms with Crippen molar-refractivity contribution in [1.82, 2.24) is 0 Å². The van der Waals surface area contributed by atoms with Gasteiger partial charge in [-0.3, -0.25) is 14.9 Å². The predicted octanol–water partition coefficient (Wildman–Crippen LogP) is 3.88. The lowest BCUT2D eigenvalue weighted by Crippen LogP contribution is -2.20. The molecule has 0 aliphatic heterocycles. The second-order valence-corrected chi connectivity index (χ2v) is 5.38. The average Bonchev–Trinajstić information content (AvgIpc) is 2.49. The summed E-state index contributed by atoms with van der Waals surface area (Å²) in [5, 5.41) is 13.9. The number of halogens is 1. The molecular weight excluding hydrogens is 320 g/mol. The molecule has 0 fully saturated rings. The van der Waals surface area contributed by atoms with Crippen LogP contribution in [0.25, 0.3) is 0 Å². The summed E-state index contributed by atoms with van der Waals surface area (Å²) >= 11 is 6.04. The second-order valence-electron chi connectivity index (χ2n) is 4.98. The molecule has 0 spiro atoms. The third-order valence-corrected chi connectivity index (χ3v) is 3.52. The zero-order valence-electron chi connectivity index (χ0n) is 12.6. The predicted molar refractivity (Wildman–Crippen MR) is 88.1 cm³/mol. The molecule has 2 aromatic carbocycles. The third kappa shape index (κ3) is 4.20. The van der Waals surface area contributed by atoms with Gasteiger partial charge in [-0.15, -0.1) is 0 Å². The third-order valence-electron chi connectivity index (χ3n) is 3.21. The number of hydrogen-bond donors (Lipinski definition) is 1. The van der Waals surface area contributed by atoms with Crippen LogP contribution in [0, 0.1) is 24.0 Å². The maximum absolute atomic E-state index is 11.9. The van der Waals surface area contributed by atoms with Gasteiger partial charge in [-0.2, -0.15) is 0 Å². The standard InChI is InChI=1S/C16H15ClN2O4/c1-10-6-7-13(12(17)8-10)18-16(20)9-23-15-5-3-4-14(11(15)2)19(21)22/h3-8H,9H2,1-2H3,(H,18,20). The molecule has 0 aromatic heterocycles. The molecule has 1 amide bonds. The molecule has 2 aromatic rings. The molecule has 23 heavy (non-hydrogen) atoms. The van der Waals surface area contributed by atoms with Crippen molar-refractivity contribution >= 4 is 28.9 Å². The molecule has 120 valence electrons. The van der Waals surface area contributed by atoms with Crippen LogP contribution in [0.1, 0.15) is 11.1 Å². The first-order valence-corrected chi connectivity index (χ1v) is 7.19. The van der Waals surface area contributed by atoms with Crippen LogP contribution in [0.3, 0.4) is 0 Å². The molecule has 0 aliphatic rings. The Hall–Kier alpha value is -2.60. The van der Waals surface area contributed by atoms with Gasteiger partial charge < -0.3 is 10.1 Å². The van der Waals surface area contributed by atoms with Gasteiger partial charge in [-0.05, 0) is 37.6 Å². The Morgan fingerprint density at radius 2 is 2.04 bits per heavy atom. The zero-order valence-corrected chi connectivity index (χ0v) is 13.4. The zero-order chi connectivity index (χ0) is 17.0. The molecule has 0 heterocycles. The van der Waals surface area contributed by atoms with Crippen LogP contribution in [-0.4, -0.2) is 17.4 Å². The van der Waals surface area contributed by atoms with Crippen LogP contribution < -0.4 is 10.1 Å². The van der Waals surface area contributed by atoms with Gasteiger partial charge >= 0.3 is 0 Å². The monoisotopic (exact) mass is 334 g/mol. The normalized spacial score (nSPS) is 10.2. The molecule has 0 aliphatic carbocycles. The van der Waals surface area contributed by atoms with E-state index in [0.29, 0.717) is 22.0 Å². The quantitative estimate of drug-likeness (QED) is 0.664. The highest BCUT2D eigenvalue weighted by molar-refractivity contribution is 6.33. The minimum absolute atomic E-state index is 0.0514. The fourth-order valence-electron chi connectivity index (χ4n) is 2.01. The minimum Gasteiger partial charge on any atom is -0.483 e. The maximum atomic E-state index is 11.9. The van der Waals surface area contributed by atoms with Crippen LogP contribution in [0.15, 0.2) is 36.4 Å². The minimum atomic E-state index is -0.492. The van der Waals surface area contributed by atoms with Gasteiger partial charge in [0.05, 0.1) is 21.2 Å². The van der Waals surface area contributed by atoms with Crippen LogP contribution >= 0.6 is 11.6 Å². The van der Waals surface area contributed by atoms with Crippen LogP contribution in [0.5, 0.6) is 5.75 Å². The van der Waals surface area contributed by atoms with Crippen molar-refractivity contribution in [1.29, 1.82) is 0 Å². The molecule has 2 rings (SSSR count). The maximum Gasteiger partial charge on any atom is 0.276 e. The Morgan fingerprint density at radius 3 is 2.70 bits per heavy atom. The largest absolute Gasteiger partial charge is 0.483 e. The van der Waals surface area contributed by atoms with Crippen LogP contribution in [-0.2, 0) is 4.79 Å². The fourth-order valence-corrected chi connectivity index (χ4v) is 2.29. The number of aryl methyl sites for hydroxylation is 1. The van der Waals surface area contributed by atoms with Crippen molar-refractivity contribution < 1.29 is 14.5 Å². The number of hydrogen-bond acceptors (Lipinski definition) is 4. The van der Waals surface area contributed by atoms with E-state index in [2.05, 4.69) is 5.32 Å². The summed E-state index contributed by atoms with van der Waals surface area (Å²) in [5.74, 6) is -0.106. The summed E-state index contributed by atoms with van der Waals surface area (Å²) in [6.07, 6.45) is 0. The second kappa shape index (κ2) is 7.11. The van der Waals surface area contributed by atoms with E-state index in [4.69, 9.17) is 16.3 Å². The van der Waals surface area contributed by atoms with Crippen LogP contribution in [0.4, 0.5) is 11.4 Å². The Bertz CT molecular complexity index is 762. The number of nitrogens with one attached hydrogen (secondary N) is 1. The smallest absolute Gasteiger partial charge is 0.276 e. The molecule has 0 atom stereocenters.